The molecule has 2 heterocycles. The lowest BCUT2D eigenvalue weighted by atomic mass is 10.1. The molecule has 0 unspecified atom stereocenters. The molecule has 0 aromatic heterocycles. The van der Waals surface area contributed by atoms with Gasteiger partial charge in [-0.3, -0.25) is 9.69 Å². The van der Waals surface area contributed by atoms with Crippen molar-refractivity contribution in [2.24, 2.45) is 0 Å². The van der Waals surface area contributed by atoms with Crippen molar-refractivity contribution in [2.75, 3.05) is 42.7 Å². The third-order valence-electron chi connectivity index (χ3n) is 5.81. The van der Waals surface area contributed by atoms with Crippen LogP contribution in [0.2, 0.25) is 0 Å². The fourth-order valence-corrected chi connectivity index (χ4v) is 3.43. The van der Waals surface area contributed by atoms with Gasteiger partial charge in [-0.2, -0.15) is 39.5 Å². The van der Waals surface area contributed by atoms with E-state index in [1.807, 2.05) is 36.4 Å². The minimum atomic E-state index is -5.08. The summed E-state index contributed by atoms with van der Waals surface area (Å²) in [6.07, 6.45) is -14.1. The van der Waals surface area contributed by atoms with Crippen LogP contribution >= 0.6 is 0 Å². The number of rotatable bonds is 5. The molecule has 0 spiro atoms. The molecule has 2 aromatic rings. The summed E-state index contributed by atoms with van der Waals surface area (Å²) < 4.78 is 100. The molecule has 2 aliphatic rings. The number of amides is 1. The van der Waals surface area contributed by atoms with Crippen molar-refractivity contribution in [3.8, 4) is 0 Å². The zero-order chi connectivity index (χ0) is 36.2. The largest absolute Gasteiger partial charge is 0.490 e. The number of carboxylic acids is 3. The Morgan fingerprint density at radius 2 is 1.21 bits per heavy atom. The molecule has 21 heteroatoms. The zero-order valence-corrected chi connectivity index (χ0v) is 23.6. The minimum absolute atomic E-state index is 0.161. The maximum absolute atomic E-state index is 12.4. The number of hydrogen-bond acceptors (Lipinski definition) is 8. The molecule has 7 N–H and O–H groups in total. The first-order chi connectivity index (χ1) is 21.5. The zero-order valence-electron chi connectivity index (χ0n) is 23.6. The van der Waals surface area contributed by atoms with Crippen molar-refractivity contribution in [3.05, 3.63) is 54.1 Å². The van der Waals surface area contributed by atoms with Gasteiger partial charge in [0.2, 0.25) is 0 Å². The third kappa shape index (κ3) is 14.9. The van der Waals surface area contributed by atoms with Crippen LogP contribution in [0.3, 0.4) is 0 Å². The van der Waals surface area contributed by atoms with Crippen LogP contribution in [-0.4, -0.2) is 101 Å². The number of nitrogen functional groups attached to an aromatic ring is 1. The summed E-state index contributed by atoms with van der Waals surface area (Å²) >= 11 is 0. The molecule has 0 radical (unpaired) electrons. The Balaban J connectivity index is 0.000000430. The van der Waals surface area contributed by atoms with Gasteiger partial charge in [-0.25, -0.2) is 14.4 Å². The van der Waals surface area contributed by atoms with Gasteiger partial charge in [-0.05, 0) is 42.8 Å². The van der Waals surface area contributed by atoms with E-state index in [9.17, 15) is 44.3 Å². The van der Waals surface area contributed by atoms with E-state index in [4.69, 9.17) is 40.2 Å². The van der Waals surface area contributed by atoms with Crippen LogP contribution in [0.4, 0.5) is 56.6 Å². The summed E-state index contributed by atoms with van der Waals surface area (Å²) in [7, 11) is 0. The highest BCUT2D eigenvalue weighted by atomic mass is 19.4. The number of alkyl halides is 9. The standard InChI is InChI=1S/C20H24N4O2.3C2HF3O2/c21-18-3-1-2-4-19(18)23-20(25)14-5-7-15(8-6-14)22-16-9-10-24(11-16)17-12-26-13-17;3*3-2(4,5)1(6)7/h1-8,16-17,22H,9-13,21H2,(H,23,25);3*(H,6,7)/t16-;;;/m1.../s1. The monoisotopic (exact) mass is 694 g/mol. The molecule has 47 heavy (non-hydrogen) atoms. The van der Waals surface area contributed by atoms with E-state index in [1.165, 1.54) is 0 Å². The topological polar surface area (TPSA) is 192 Å². The summed E-state index contributed by atoms with van der Waals surface area (Å²) in [6, 6.07) is 15.9. The van der Waals surface area contributed by atoms with E-state index >= 15 is 0 Å². The SMILES string of the molecule is Nc1ccccc1NC(=O)c1ccc(N[C@@H]2CCN(C3COC3)C2)cc1.O=C(O)C(F)(F)F.O=C(O)C(F)(F)F.O=C(O)C(F)(F)F. The van der Waals surface area contributed by atoms with Gasteiger partial charge < -0.3 is 36.4 Å². The lowest BCUT2D eigenvalue weighted by Gasteiger charge is -2.34. The van der Waals surface area contributed by atoms with E-state index in [0.29, 0.717) is 29.0 Å². The molecule has 2 fully saturated rings. The maximum atomic E-state index is 12.4. The minimum Gasteiger partial charge on any atom is -0.475 e. The molecule has 1 atom stereocenters. The number of carboxylic acid groups (broad SMARTS) is 3. The Labute approximate surface area is 258 Å². The fraction of sp³-hybridized carbons (Fsp3) is 0.385. The Bertz CT molecular complexity index is 1290. The Kier molecular flexibility index (Phi) is 14.7. The van der Waals surface area contributed by atoms with E-state index in [2.05, 4.69) is 15.5 Å². The van der Waals surface area contributed by atoms with Crippen molar-refractivity contribution in [1.82, 2.24) is 4.90 Å². The van der Waals surface area contributed by atoms with Gasteiger partial charge in [-0.15, -0.1) is 0 Å². The number of carbonyl (C=O) groups excluding carboxylic acids is 1. The van der Waals surface area contributed by atoms with Crippen LogP contribution in [0.5, 0.6) is 0 Å². The normalized spacial score (nSPS) is 16.4. The predicted octanol–water partition coefficient (Wildman–Crippen LogP) is 4.31. The molecule has 12 nitrogen and oxygen atoms in total. The summed E-state index contributed by atoms with van der Waals surface area (Å²) in [6.45, 7) is 3.89. The number of ether oxygens (including phenoxy) is 1. The molecule has 1 amide bonds. The van der Waals surface area contributed by atoms with Gasteiger partial charge in [0, 0.05) is 30.4 Å². The lowest BCUT2D eigenvalue weighted by molar-refractivity contribution is -0.193. The van der Waals surface area contributed by atoms with Crippen LogP contribution in [0.1, 0.15) is 16.8 Å². The van der Waals surface area contributed by atoms with Crippen LogP contribution < -0.4 is 16.4 Å². The highest BCUT2D eigenvalue weighted by molar-refractivity contribution is 6.05. The number of halogens is 9. The quantitative estimate of drug-likeness (QED) is 0.193. The lowest BCUT2D eigenvalue weighted by Crippen LogP contribution is -2.48. The third-order valence-corrected chi connectivity index (χ3v) is 5.81. The van der Waals surface area contributed by atoms with Crippen molar-refractivity contribution in [3.63, 3.8) is 0 Å². The van der Waals surface area contributed by atoms with Gasteiger partial charge in [-0.1, -0.05) is 12.1 Å². The van der Waals surface area contributed by atoms with Gasteiger partial charge in [0.25, 0.3) is 5.91 Å². The van der Waals surface area contributed by atoms with Crippen LogP contribution in [-0.2, 0) is 19.1 Å². The molecular formula is C26H27F9N4O8. The Morgan fingerprint density at radius 3 is 1.60 bits per heavy atom. The number of para-hydroxylation sites is 2. The van der Waals surface area contributed by atoms with Crippen LogP contribution in [0, 0.1) is 0 Å². The fourth-order valence-electron chi connectivity index (χ4n) is 3.43. The number of aliphatic carboxylic acids is 3. The Morgan fingerprint density at radius 1 is 0.766 bits per heavy atom. The molecule has 0 saturated carbocycles. The molecule has 2 saturated heterocycles. The van der Waals surface area contributed by atoms with Gasteiger partial charge in [0.15, 0.2) is 0 Å². The number of benzene rings is 2. The number of likely N-dealkylation sites (tertiary alicyclic amines) is 1. The van der Waals surface area contributed by atoms with Crippen molar-refractivity contribution in [2.45, 2.75) is 37.0 Å². The summed E-state index contributed by atoms with van der Waals surface area (Å²) in [4.78, 5) is 41.6. The predicted molar refractivity (Wildman–Crippen MR) is 145 cm³/mol. The second-order valence-electron chi connectivity index (χ2n) is 9.34. The van der Waals surface area contributed by atoms with Gasteiger partial charge >= 0.3 is 36.4 Å². The van der Waals surface area contributed by atoms with E-state index < -0.39 is 36.4 Å². The highest BCUT2D eigenvalue weighted by Crippen LogP contribution is 2.22. The van der Waals surface area contributed by atoms with Crippen LogP contribution in [0.25, 0.3) is 0 Å². The summed E-state index contributed by atoms with van der Waals surface area (Å²) in [5.41, 5.74) is 8.71. The smallest absolute Gasteiger partial charge is 0.475 e. The summed E-state index contributed by atoms with van der Waals surface area (Å²) in [5.74, 6) is -8.43. The molecule has 2 aliphatic heterocycles. The molecule has 0 bridgehead atoms. The number of nitrogens with one attached hydrogen (secondary N) is 2. The van der Waals surface area contributed by atoms with Crippen LogP contribution in [0.15, 0.2) is 48.5 Å². The molecule has 262 valence electrons. The second kappa shape index (κ2) is 17.2. The number of nitrogens with zero attached hydrogens (tertiary/aromatic N) is 1. The number of nitrogens with two attached hydrogens (primary N) is 1. The first-order valence-electron chi connectivity index (χ1n) is 12.8. The van der Waals surface area contributed by atoms with Gasteiger partial charge in [0.05, 0.1) is 30.6 Å². The van der Waals surface area contributed by atoms with Crippen molar-refractivity contribution >= 4 is 40.9 Å². The molecule has 2 aromatic carbocycles. The van der Waals surface area contributed by atoms with Gasteiger partial charge in [0.1, 0.15) is 0 Å². The van der Waals surface area contributed by atoms with E-state index in [-0.39, 0.29) is 5.91 Å². The summed E-state index contributed by atoms with van der Waals surface area (Å²) in [5, 5.41) is 27.8. The van der Waals surface area contributed by atoms with Crippen molar-refractivity contribution in [1.29, 1.82) is 0 Å². The Hall–Kier alpha value is -4.79. The second-order valence-corrected chi connectivity index (χ2v) is 9.34. The number of hydrogen-bond donors (Lipinski definition) is 6. The molecule has 4 rings (SSSR count). The number of carbonyl (C=O) groups is 4. The average Bonchev–Trinajstić information content (AvgIpc) is 3.36. The maximum Gasteiger partial charge on any atom is 0.490 e. The molecule has 0 aliphatic carbocycles. The number of anilines is 3. The van der Waals surface area contributed by atoms with E-state index in [1.54, 1.807) is 12.1 Å². The highest BCUT2D eigenvalue weighted by Gasteiger charge is 2.39. The van der Waals surface area contributed by atoms with Crippen molar-refractivity contribution < 1.29 is 78.7 Å². The van der Waals surface area contributed by atoms with E-state index in [0.717, 1.165) is 38.4 Å². The average molecular weight is 695 g/mol. The first kappa shape index (κ1) is 40.2. The molecular weight excluding hydrogens is 667 g/mol. The first-order valence-corrected chi connectivity index (χ1v) is 12.8.